The molecule has 5 rings (SSSR count). The molecule has 7 nitrogen and oxygen atoms in total. The van der Waals surface area contributed by atoms with Crippen LogP contribution in [-0.4, -0.2) is 26.0 Å². The molecule has 0 amide bonds. The number of carboxylic acids is 1. The first-order valence-corrected chi connectivity index (χ1v) is 11.0. The molecule has 33 heavy (non-hydrogen) atoms. The van der Waals surface area contributed by atoms with Crippen molar-refractivity contribution >= 4 is 32.9 Å². The van der Waals surface area contributed by atoms with Crippen molar-refractivity contribution in [2.75, 3.05) is 0 Å². The Balaban J connectivity index is 1.54. The zero-order valence-electron chi connectivity index (χ0n) is 17.5. The Morgan fingerprint density at radius 2 is 1.85 bits per heavy atom. The average molecular weight is 504 g/mol. The van der Waals surface area contributed by atoms with Gasteiger partial charge in [-0.15, -0.1) is 0 Å². The molecule has 0 aliphatic carbocycles. The lowest BCUT2D eigenvalue weighted by Gasteiger charge is -2.17. The van der Waals surface area contributed by atoms with Crippen molar-refractivity contribution in [2.45, 2.75) is 13.5 Å². The van der Waals surface area contributed by atoms with Gasteiger partial charge in [0.15, 0.2) is 0 Å². The van der Waals surface area contributed by atoms with Gasteiger partial charge in [-0.05, 0) is 93.3 Å². The van der Waals surface area contributed by atoms with E-state index in [1.165, 1.54) is 0 Å². The molecule has 0 atom stereocenters. The largest absolute Gasteiger partial charge is 0.488 e. The number of nitrogens with zero attached hydrogens (tertiary/aromatic N) is 3. The van der Waals surface area contributed by atoms with E-state index in [0.717, 1.165) is 32.7 Å². The fourth-order valence-electron chi connectivity index (χ4n) is 3.81. The molecule has 2 heterocycles. The Bertz CT molecular complexity index is 1490. The summed E-state index contributed by atoms with van der Waals surface area (Å²) in [5.41, 5.74) is 6.02. The standard InChI is InChI=1S/C25H18BrN3O4/c1-15-8-11-22(29(15)18-5-2-4-17(13-18)25(30)31)24-19(26)6-3-7-23(24)32-14-16-9-10-20-21(12-16)28-33-27-20/h2-13H,14H2,1H3,(H,30,31). The molecule has 0 aliphatic heterocycles. The van der Waals surface area contributed by atoms with Crippen LogP contribution in [0.2, 0.25) is 0 Å². The highest BCUT2D eigenvalue weighted by Crippen LogP contribution is 2.39. The number of carboxylic acid groups (broad SMARTS) is 1. The Kier molecular flexibility index (Phi) is 5.43. The molecule has 5 aromatic rings. The summed E-state index contributed by atoms with van der Waals surface area (Å²) in [6.45, 7) is 2.32. The zero-order chi connectivity index (χ0) is 22.9. The third-order valence-corrected chi connectivity index (χ3v) is 6.03. The predicted molar refractivity (Wildman–Crippen MR) is 127 cm³/mol. The Morgan fingerprint density at radius 1 is 1.03 bits per heavy atom. The van der Waals surface area contributed by atoms with Crippen LogP contribution in [0.15, 0.2) is 81.9 Å². The third kappa shape index (κ3) is 4.01. The second-order valence-corrected chi connectivity index (χ2v) is 8.39. The summed E-state index contributed by atoms with van der Waals surface area (Å²) in [6, 6.07) is 22.3. The predicted octanol–water partition coefficient (Wildman–Crippen LogP) is 6.03. The van der Waals surface area contributed by atoms with E-state index in [4.69, 9.17) is 9.37 Å². The number of fused-ring (bicyclic) bond motifs is 1. The van der Waals surface area contributed by atoms with Crippen molar-refractivity contribution in [2.24, 2.45) is 0 Å². The van der Waals surface area contributed by atoms with Gasteiger partial charge in [0, 0.05) is 15.9 Å². The van der Waals surface area contributed by atoms with Crippen LogP contribution in [0.5, 0.6) is 5.75 Å². The number of aromatic nitrogens is 3. The lowest BCUT2D eigenvalue weighted by molar-refractivity contribution is 0.0697. The Morgan fingerprint density at radius 3 is 2.70 bits per heavy atom. The van der Waals surface area contributed by atoms with Crippen molar-refractivity contribution in [3.05, 3.63) is 94.1 Å². The molecule has 8 heteroatoms. The highest BCUT2D eigenvalue weighted by atomic mass is 79.9. The number of benzene rings is 3. The molecule has 0 aliphatic rings. The minimum Gasteiger partial charge on any atom is -0.488 e. The van der Waals surface area contributed by atoms with E-state index in [9.17, 15) is 9.90 Å². The molecule has 0 radical (unpaired) electrons. The van der Waals surface area contributed by atoms with Gasteiger partial charge < -0.3 is 14.4 Å². The highest BCUT2D eigenvalue weighted by molar-refractivity contribution is 9.10. The fourth-order valence-corrected chi connectivity index (χ4v) is 4.36. The average Bonchev–Trinajstić information content (AvgIpc) is 3.43. The van der Waals surface area contributed by atoms with Crippen molar-refractivity contribution in [3.8, 4) is 22.7 Å². The van der Waals surface area contributed by atoms with Gasteiger partial charge >= 0.3 is 5.97 Å². The Hall–Kier alpha value is -3.91. The molecule has 0 saturated heterocycles. The van der Waals surface area contributed by atoms with Crippen LogP contribution in [0, 0.1) is 6.92 Å². The van der Waals surface area contributed by atoms with E-state index in [-0.39, 0.29) is 5.56 Å². The molecule has 0 bridgehead atoms. The summed E-state index contributed by atoms with van der Waals surface area (Å²) in [4.78, 5) is 11.5. The maximum absolute atomic E-state index is 11.5. The van der Waals surface area contributed by atoms with Crippen molar-refractivity contribution < 1.29 is 19.3 Å². The second kappa shape index (κ2) is 8.55. The topological polar surface area (TPSA) is 90.4 Å². The SMILES string of the molecule is Cc1ccc(-c2c(Br)cccc2OCc2ccc3nonc3c2)n1-c1cccc(C(=O)O)c1. The molecule has 1 N–H and O–H groups in total. The molecule has 0 saturated carbocycles. The van der Waals surface area contributed by atoms with E-state index in [2.05, 4.69) is 26.2 Å². The maximum Gasteiger partial charge on any atom is 0.335 e. The van der Waals surface area contributed by atoms with Gasteiger partial charge in [-0.3, -0.25) is 0 Å². The van der Waals surface area contributed by atoms with Crippen LogP contribution in [0.25, 0.3) is 28.0 Å². The lowest BCUT2D eigenvalue weighted by Crippen LogP contribution is -2.04. The number of ether oxygens (including phenoxy) is 1. The van der Waals surface area contributed by atoms with Gasteiger partial charge in [-0.2, -0.15) is 0 Å². The van der Waals surface area contributed by atoms with E-state index in [1.807, 2.05) is 66.1 Å². The number of rotatable bonds is 6. The molecule has 164 valence electrons. The summed E-state index contributed by atoms with van der Waals surface area (Å²) in [6.07, 6.45) is 0. The van der Waals surface area contributed by atoms with Gasteiger partial charge in [0.25, 0.3) is 0 Å². The van der Waals surface area contributed by atoms with Gasteiger partial charge in [0.1, 0.15) is 23.4 Å². The summed E-state index contributed by atoms with van der Waals surface area (Å²) in [7, 11) is 0. The minimum atomic E-state index is -0.965. The van der Waals surface area contributed by atoms with Crippen LogP contribution in [-0.2, 0) is 6.61 Å². The van der Waals surface area contributed by atoms with Crippen LogP contribution in [0.4, 0.5) is 0 Å². The summed E-state index contributed by atoms with van der Waals surface area (Å²) in [5.74, 6) is -0.274. The smallest absolute Gasteiger partial charge is 0.335 e. The van der Waals surface area contributed by atoms with Crippen LogP contribution >= 0.6 is 15.9 Å². The number of halogens is 1. The van der Waals surface area contributed by atoms with E-state index in [0.29, 0.717) is 23.4 Å². The third-order valence-electron chi connectivity index (χ3n) is 5.37. The number of hydrogen-bond donors (Lipinski definition) is 1. The molecular weight excluding hydrogens is 486 g/mol. The first-order chi connectivity index (χ1) is 16.0. The van der Waals surface area contributed by atoms with Gasteiger partial charge in [-0.1, -0.05) is 18.2 Å². The van der Waals surface area contributed by atoms with Gasteiger partial charge in [0.2, 0.25) is 0 Å². The molecule has 0 spiro atoms. The Labute approximate surface area is 197 Å². The van der Waals surface area contributed by atoms with Crippen LogP contribution in [0.1, 0.15) is 21.6 Å². The summed E-state index contributed by atoms with van der Waals surface area (Å²) >= 11 is 3.67. The quantitative estimate of drug-likeness (QED) is 0.304. The van der Waals surface area contributed by atoms with Crippen molar-refractivity contribution in [1.29, 1.82) is 0 Å². The zero-order valence-corrected chi connectivity index (χ0v) is 19.1. The van der Waals surface area contributed by atoms with Crippen LogP contribution < -0.4 is 4.74 Å². The molecular formula is C25H18BrN3O4. The fraction of sp³-hybridized carbons (Fsp3) is 0.0800. The molecule has 3 aromatic carbocycles. The summed E-state index contributed by atoms with van der Waals surface area (Å²) < 4.78 is 13.9. The first kappa shape index (κ1) is 21.0. The van der Waals surface area contributed by atoms with E-state index in [1.54, 1.807) is 18.2 Å². The van der Waals surface area contributed by atoms with E-state index >= 15 is 0 Å². The highest BCUT2D eigenvalue weighted by Gasteiger charge is 2.18. The summed E-state index contributed by atoms with van der Waals surface area (Å²) in [5, 5.41) is 17.1. The number of aryl methyl sites for hydroxylation is 1. The van der Waals surface area contributed by atoms with Gasteiger partial charge in [-0.25, -0.2) is 9.42 Å². The molecule has 2 aromatic heterocycles. The number of carbonyl (C=O) groups is 1. The molecule has 0 unspecified atom stereocenters. The number of hydrogen-bond acceptors (Lipinski definition) is 5. The maximum atomic E-state index is 11.5. The van der Waals surface area contributed by atoms with Gasteiger partial charge in [0.05, 0.1) is 16.8 Å². The monoisotopic (exact) mass is 503 g/mol. The van der Waals surface area contributed by atoms with E-state index < -0.39 is 5.97 Å². The van der Waals surface area contributed by atoms with Crippen molar-refractivity contribution in [3.63, 3.8) is 0 Å². The van der Waals surface area contributed by atoms with Crippen molar-refractivity contribution in [1.82, 2.24) is 14.9 Å². The lowest BCUT2D eigenvalue weighted by atomic mass is 10.1. The second-order valence-electron chi connectivity index (χ2n) is 7.54. The number of aromatic carboxylic acids is 1. The molecule has 0 fully saturated rings. The minimum absolute atomic E-state index is 0.230. The normalized spacial score (nSPS) is 11.1. The first-order valence-electron chi connectivity index (χ1n) is 10.2. The van der Waals surface area contributed by atoms with Crippen LogP contribution in [0.3, 0.4) is 0 Å².